The number of para-hydroxylation sites is 1. The van der Waals surface area contributed by atoms with Gasteiger partial charge < -0.3 is 9.72 Å². The third kappa shape index (κ3) is 19.4. The monoisotopic (exact) mass is 540 g/mol. The largest absolute Gasteiger partial charge is 0.375 e. The minimum absolute atomic E-state index is 0.703. The van der Waals surface area contributed by atoms with Gasteiger partial charge in [0.05, 0.1) is 6.61 Å². The number of ether oxygens (including phenoxy) is 1. The average molecular weight is 540 g/mol. The molecule has 0 radical (unpaired) electrons. The van der Waals surface area contributed by atoms with E-state index in [1.165, 1.54) is 184 Å². The van der Waals surface area contributed by atoms with E-state index in [-0.39, 0.29) is 0 Å². The van der Waals surface area contributed by atoms with E-state index in [1.807, 2.05) is 0 Å². The van der Waals surface area contributed by atoms with Crippen LogP contribution in [0.15, 0.2) is 30.3 Å². The highest BCUT2D eigenvalue weighted by molar-refractivity contribution is 5.80. The Hall–Kier alpha value is -1.28. The van der Waals surface area contributed by atoms with E-state index in [0.717, 1.165) is 6.61 Å². The Kier molecular flexibility index (Phi) is 22.3. The summed E-state index contributed by atoms with van der Waals surface area (Å²) < 4.78 is 5.87. The van der Waals surface area contributed by atoms with Crippen LogP contribution >= 0.6 is 0 Å². The summed E-state index contributed by atoms with van der Waals surface area (Å²) in [5, 5.41) is 1.27. The number of H-pyrrole nitrogens is 1. The number of benzene rings is 1. The van der Waals surface area contributed by atoms with Gasteiger partial charge in [-0.25, -0.2) is 0 Å². The summed E-state index contributed by atoms with van der Waals surface area (Å²) in [5.74, 6) is 0. The second-order valence-electron chi connectivity index (χ2n) is 12.3. The molecule has 2 aromatic rings. The van der Waals surface area contributed by atoms with Crippen LogP contribution in [0, 0.1) is 0 Å². The quantitative estimate of drug-likeness (QED) is 0.102. The molecule has 0 unspecified atom stereocenters. The summed E-state index contributed by atoms with van der Waals surface area (Å²) in [7, 11) is 0. The van der Waals surface area contributed by atoms with Crippen molar-refractivity contribution < 1.29 is 4.74 Å². The van der Waals surface area contributed by atoms with Gasteiger partial charge in [0.15, 0.2) is 0 Å². The minimum Gasteiger partial charge on any atom is -0.375 e. The number of nitrogens with one attached hydrogen (secondary N) is 1. The lowest BCUT2D eigenvalue weighted by atomic mass is 10.0. The lowest BCUT2D eigenvalue weighted by Gasteiger charge is -2.05. The summed E-state index contributed by atoms with van der Waals surface area (Å²) in [5.41, 5.74) is 2.39. The third-order valence-electron chi connectivity index (χ3n) is 8.49. The molecule has 0 saturated heterocycles. The zero-order valence-corrected chi connectivity index (χ0v) is 26.1. The second kappa shape index (κ2) is 25.7. The highest BCUT2D eigenvalue weighted by atomic mass is 16.5. The number of hydrogen-bond acceptors (Lipinski definition) is 1. The zero-order valence-electron chi connectivity index (χ0n) is 26.1. The van der Waals surface area contributed by atoms with E-state index in [0.29, 0.717) is 6.61 Å². The van der Waals surface area contributed by atoms with Gasteiger partial charge in [0.2, 0.25) is 0 Å². The van der Waals surface area contributed by atoms with Gasteiger partial charge in [-0.3, -0.25) is 0 Å². The van der Waals surface area contributed by atoms with Crippen molar-refractivity contribution in [3.05, 3.63) is 36.0 Å². The molecule has 2 rings (SSSR count). The van der Waals surface area contributed by atoms with Gasteiger partial charge in [-0.05, 0) is 23.9 Å². The maximum absolute atomic E-state index is 5.87. The highest BCUT2D eigenvalue weighted by Crippen LogP contribution is 2.17. The van der Waals surface area contributed by atoms with Gasteiger partial charge in [-0.15, -0.1) is 0 Å². The number of aromatic nitrogens is 1. The summed E-state index contributed by atoms with van der Waals surface area (Å²) in [6.45, 7) is 3.89. The Morgan fingerprint density at radius 2 is 0.872 bits per heavy atom. The van der Waals surface area contributed by atoms with Crippen LogP contribution in [0.1, 0.15) is 180 Å². The fraction of sp³-hybridized carbons (Fsp3) is 0.784. The van der Waals surface area contributed by atoms with Crippen LogP contribution in [-0.4, -0.2) is 11.6 Å². The van der Waals surface area contributed by atoms with Crippen LogP contribution in [0.25, 0.3) is 10.9 Å². The standard InChI is InChI=1S/C37H65NO/c1-2-3-4-5-6-7-8-9-10-11-12-13-14-15-16-17-18-19-20-21-22-23-24-25-26-29-32-39-34-36-33-35-30-27-28-31-37(35)38-36/h27-28,30-31,33,38H,2-26,29,32,34H2,1H3. The number of unbranched alkanes of at least 4 members (excludes halogenated alkanes) is 25. The van der Waals surface area contributed by atoms with Crippen LogP contribution < -0.4 is 0 Å². The molecule has 1 N–H and O–H groups in total. The first-order valence-corrected chi connectivity index (χ1v) is 17.5. The summed E-state index contributed by atoms with van der Waals surface area (Å²) in [4.78, 5) is 3.44. The molecule has 0 saturated carbocycles. The zero-order chi connectivity index (χ0) is 27.5. The van der Waals surface area contributed by atoms with Crippen LogP contribution in [0.4, 0.5) is 0 Å². The van der Waals surface area contributed by atoms with Crippen molar-refractivity contribution in [3.8, 4) is 0 Å². The lowest BCUT2D eigenvalue weighted by molar-refractivity contribution is 0.114. The van der Waals surface area contributed by atoms with Crippen molar-refractivity contribution in [2.45, 2.75) is 180 Å². The van der Waals surface area contributed by atoms with E-state index < -0.39 is 0 Å². The van der Waals surface area contributed by atoms with Crippen molar-refractivity contribution in [2.24, 2.45) is 0 Å². The first-order chi connectivity index (χ1) is 19.4. The Labute approximate surface area is 243 Å². The van der Waals surface area contributed by atoms with Crippen LogP contribution in [0.3, 0.4) is 0 Å². The molecule has 224 valence electrons. The van der Waals surface area contributed by atoms with Crippen molar-refractivity contribution in [2.75, 3.05) is 6.61 Å². The maximum atomic E-state index is 5.87. The average Bonchev–Trinajstić information content (AvgIpc) is 3.37. The lowest BCUT2D eigenvalue weighted by Crippen LogP contribution is -1.95. The number of rotatable bonds is 29. The fourth-order valence-corrected chi connectivity index (χ4v) is 5.91. The number of fused-ring (bicyclic) bond motifs is 1. The molecule has 0 bridgehead atoms. The second-order valence-corrected chi connectivity index (χ2v) is 12.3. The Morgan fingerprint density at radius 1 is 0.487 bits per heavy atom. The van der Waals surface area contributed by atoms with Crippen LogP contribution in [0.5, 0.6) is 0 Å². The first-order valence-electron chi connectivity index (χ1n) is 17.5. The predicted molar refractivity (Wildman–Crippen MR) is 174 cm³/mol. The van der Waals surface area contributed by atoms with E-state index in [9.17, 15) is 0 Å². The first kappa shape index (κ1) is 33.9. The molecule has 1 heterocycles. The van der Waals surface area contributed by atoms with Gasteiger partial charge >= 0.3 is 0 Å². The SMILES string of the molecule is CCCCCCCCCCCCCCCCCCCCCCCCCCCCOCc1cc2ccccc2[nH]1. The number of aromatic amines is 1. The van der Waals surface area contributed by atoms with Gasteiger partial charge in [0.25, 0.3) is 0 Å². The Bertz CT molecular complexity index is 733. The van der Waals surface area contributed by atoms with Gasteiger partial charge in [0.1, 0.15) is 0 Å². The Balaban J connectivity index is 1.18. The molecule has 39 heavy (non-hydrogen) atoms. The maximum Gasteiger partial charge on any atom is 0.0866 e. The molecule has 0 atom stereocenters. The molecule has 2 nitrogen and oxygen atoms in total. The molecule has 0 aliphatic rings. The fourth-order valence-electron chi connectivity index (χ4n) is 5.91. The third-order valence-corrected chi connectivity index (χ3v) is 8.49. The van der Waals surface area contributed by atoms with Gasteiger partial charge in [0, 0.05) is 17.8 Å². The molecule has 0 aliphatic carbocycles. The molecular weight excluding hydrogens is 474 g/mol. The summed E-state index contributed by atoms with van der Waals surface area (Å²) >= 11 is 0. The topological polar surface area (TPSA) is 25.0 Å². The van der Waals surface area contributed by atoms with E-state index in [4.69, 9.17) is 4.74 Å². The van der Waals surface area contributed by atoms with Crippen molar-refractivity contribution in [1.82, 2.24) is 4.98 Å². The minimum atomic E-state index is 0.703. The van der Waals surface area contributed by atoms with Gasteiger partial charge in [-0.1, -0.05) is 186 Å². The van der Waals surface area contributed by atoms with Crippen molar-refractivity contribution in [3.63, 3.8) is 0 Å². The molecule has 1 aromatic heterocycles. The smallest absolute Gasteiger partial charge is 0.0866 e. The summed E-state index contributed by atoms with van der Waals surface area (Å²) in [6, 6.07) is 10.6. The predicted octanol–water partition coefficient (Wildman–Crippen LogP) is 12.8. The molecule has 2 heteroatoms. The van der Waals surface area contributed by atoms with E-state index in [2.05, 4.69) is 42.2 Å². The van der Waals surface area contributed by atoms with Crippen LogP contribution in [0.2, 0.25) is 0 Å². The van der Waals surface area contributed by atoms with E-state index in [1.54, 1.807) is 0 Å². The summed E-state index contributed by atoms with van der Waals surface area (Å²) in [6.07, 6.45) is 37.5. The molecule has 0 fully saturated rings. The normalized spacial score (nSPS) is 11.6. The molecule has 0 aliphatic heterocycles. The molecule has 0 spiro atoms. The number of hydrogen-bond donors (Lipinski definition) is 1. The van der Waals surface area contributed by atoms with Crippen molar-refractivity contribution >= 4 is 10.9 Å². The molecule has 1 aromatic carbocycles. The molecule has 0 amide bonds. The van der Waals surface area contributed by atoms with Gasteiger partial charge in [-0.2, -0.15) is 0 Å². The molecular formula is C37H65NO. The Morgan fingerprint density at radius 3 is 1.28 bits per heavy atom. The highest BCUT2D eigenvalue weighted by Gasteiger charge is 2.00. The van der Waals surface area contributed by atoms with Crippen LogP contribution in [-0.2, 0) is 11.3 Å². The van der Waals surface area contributed by atoms with Crippen molar-refractivity contribution in [1.29, 1.82) is 0 Å². The van der Waals surface area contributed by atoms with E-state index >= 15 is 0 Å².